The number of benzene rings is 1. The molecule has 0 unspecified atom stereocenters. The maximum Gasteiger partial charge on any atom is 0.161 e. The smallest absolute Gasteiger partial charge is 0.161 e. The van der Waals surface area contributed by atoms with Crippen molar-refractivity contribution in [1.29, 1.82) is 0 Å². The summed E-state index contributed by atoms with van der Waals surface area (Å²) < 4.78 is 39.5. The Morgan fingerprint density at radius 2 is 1.65 bits per heavy atom. The molecule has 1 aromatic rings. The summed E-state index contributed by atoms with van der Waals surface area (Å²) in [5.74, 6) is -2.86. The van der Waals surface area contributed by atoms with E-state index in [4.69, 9.17) is 0 Å². The van der Waals surface area contributed by atoms with Crippen molar-refractivity contribution >= 4 is 0 Å². The minimum atomic E-state index is -1.15. The Bertz CT molecular complexity index is 468. The van der Waals surface area contributed by atoms with Gasteiger partial charge in [-0.25, -0.2) is 13.2 Å². The first kappa shape index (κ1) is 15.3. The molecule has 20 heavy (non-hydrogen) atoms. The molecule has 0 radical (unpaired) electrons. The third kappa shape index (κ3) is 3.15. The third-order valence-electron chi connectivity index (χ3n) is 4.34. The predicted molar refractivity (Wildman–Crippen MR) is 72.9 cm³/mol. The lowest BCUT2D eigenvalue weighted by molar-refractivity contribution is 0.153. The molecule has 0 spiro atoms. The monoisotopic (exact) mass is 286 g/mol. The summed E-state index contributed by atoms with van der Waals surface area (Å²) >= 11 is 0. The molecule has 1 aromatic carbocycles. The van der Waals surface area contributed by atoms with Gasteiger partial charge in [0.15, 0.2) is 11.6 Å². The second-order valence-corrected chi connectivity index (χ2v) is 5.79. The Morgan fingerprint density at radius 3 is 2.25 bits per heavy atom. The van der Waals surface area contributed by atoms with Crippen LogP contribution in [0.3, 0.4) is 0 Å². The summed E-state index contributed by atoms with van der Waals surface area (Å²) in [6.45, 7) is 0.928. The molecule has 1 fully saturated rings. The lowest BCUT2D eigenvalue weighted by Crippen LogP contribution is -2.49. The van der Waals surface area contributed by atoms with Gasteiger partial charge in [0.2, 0.25) is 0 Å². The van der Waals surface area contributed by atoms with Gasteiger partial charge in [0.25, 0.3) is 0 Å². The highest BCUT2D eigenvalue weighted by molar-refractivity contribution is 5.20. The van der Waals surface area contributed by atoms with Gasteiger partial charge in [-0.3, -0.25) is 0 Å². The van der Waals surface area contributed by atoms with E-state index in [0.29, 0.717) is 6.07 Å². The molecule has 112 valence electrons. The van der Waals surface area contributed by atoms with Crippen LogP contribution < -0.4 is 5.32 Å². The highest BCUT2D eigenvalue weighted by Gasteiger charge is 2.35. The van der Waals surface area contributed by atoms with Crippen LogP contribution in [0.25, 0.3) is 0 Å². The molecule has 1 saturated carbocycles. The van der Waals surface area contributed by atoms with Gasteiger partial charge in [0, 0.05) is 30.3 Å². The van der Waals surface area contributed by atoms with Crippen molar-refractivity contribution in [1.82, 2.24) is 10.2 Å². The zero-order valence-corrected chi connectivity index (χ0v) is 12.0. The number of halogens is 3. The van der Waals surface area contributed by atoms with Crippen LogP contribution in [0.4, 0.5) is 13.2 Å². The quantitative estimate of drug-likeness (QED) is 0.837. The molecule has 0 heterocycles. The van der Waals surface area contributed by atoms with Crippen LogP contribution in [0.5, 0.6) is 0 Å². The SMILES string of the molecule is CN(C)C1(CNCc2cc(F)c(F)cc2F)CCCC1. The van der Waals surface area contributed by atoms with E-state index in [2.05, 4.69) is 10.2 Å². The number of hydrogen-bond acceptors (Lipinski definition) is 2. The maximum absolute atomic E-state index is 13.5. The minimum Gasteiger partial charge on any atom is -0.311 e. The third-order valence-corrected chi connectivity index (χ3v) is 4.34. The van der Waals surface area contributed by atoms with Gasteiger partial charge in [0.05, 0.1) is 0 Å². The molecule has 0 atom stereocenters. The van der Waals surface area contributed by atoms with E-state index in [1.54, 1.807) is 0 Å². The van der Waals surface area contributed by atoms with Gasteiger partial charge in [-0.2, -0.15) is 0 Å². The first-order valence-electron chi connectivity index (χ1n) is 6.96. The standard InChI is InChI=1S/C15H21F3N2/c1-20(2)15(5-3-4-6-15)10-19-9-11-7-13(17)14(18)8-12(11)16/h7-8,19H,3-6,9-10H2,1-2H3. The van der Waals surface area contributed by atoms with E-state index in [1.165, 1.54) is 12.8 Å². The van der Waals surface area contributed by atoms with Crippen molar-refractivity contribution in [3.8, 4) is 0 Å². The lowest BCUT2D eigenvalue weighted by Gasteiger charge is -2.36. The molecule has 2 rings (SSSR count). The Kier molecular flexibility index (Phi) is 4.70. The van der Waals surface area contributed by atoms with Crippen LogP contribution in [0, 0.1) is 17.5 Å². The zero-order valence-electron chi connectivity index (χ0n) is 12.0. The number of rotatable bonds is 5. The second kappa shape index (κ2) is 6.14. The van der Waals surface area contributed by atoms with Crippen molar-refractivity contribution in [3.05, 3.63) is 35.1 Å². The first-order chi connectivity index (χ1) is 9.44. The van der Waals surface area contributed by atoms with Gasteiger partial charge in [0.1, 0.15) is 5.82 Å². The maximum atomic E-state index is 13.5. The molecule has 0 amide bonds. The molecule has 0 saturated heterocycles. The summed E-state index contributed by atoms with van der Waals surface area (Å²) in [6.07, 6.45) is 4.60. The molecule has 0 aliphatic heterocycles. The molecular formula is C15H21F3N2. The zero-order chi connectivity index (χ0) is 14.8. The van der Waals surface area contributed by atoms with Crippen LogP contribution in [-0.2, 0) is 6.54 Å². The van der Waals surface area contributed by atoms with Crippen molar-refractivity contribution in [3.63, 3.8) is 0 Å². The molecule has 2 nitrogen and oxygen atoms in total. The fraction of sp³-hybridized carbons (Fsp3) is 0.600. The van der Waals surface area contributed by atoms with Crippen LogP contribution in [0.15, 0.2) is 12.1 Å². The molecule has 5 heteroatoms. The Balaban J connectivity index is 1.97. The lowest BCUT2D eigenvalue weighted by atomic mass is 9.96. The van der Waals surface area contributed by atoms with Gasteiger partial charge in [-0.15, -0.1) is 0 Å². The van der Waals surface area contributed by atoms with E-state index >= 15 is 0 Å². The number of likely N-dealkylation sites (N-methyl/N-ethyl adjacent to an activating group) is 1. The first-order valence-corrected chi connectivity index (χ1v) is 6.96. The van der Waals surface area contributed by atoms with Crippen molar-refractivity contribution in [2.24, 2.45) is 0 Å². The minimum absolute atomic E-state index is 0.0923. The summed E-state index contributed by atoms with van der Waals surface area (Å²) in [5, 5.41) is 3.18. The van der Waals surface area contributed by atoms with Crippen LogP contribution in [0.1, 0.15) is 31.2 Å². The van der Waals surface area contributed by atoms with Gasteiger partial charge in [-0.1, -0.05) is 12.8 Å². The van der Waals surface area contributed by atoms with Crippen LogP contribution in [-0.4, -0.2) is 31.1 Å². The molecular weight excluding hydrogens is 265 g/mol. The van der Waals surface area contributed by atoms with E-state index in [9.17, 15) is 13.2 Å². The van der Waals surface area contributed by atoms with Crippen molar-refractivity contribution in [2.75, 3.05) is 20.6 Å². The fourth-order valence-electron chi connectivity index (χ4n) is 2.94. The van der Waals surface area contributed by atoms with E-state index in [0.717, 1.165) is 25.5 Å². The molecule has 0 aromatic heterocycles. The molecule has 1 N–H and O–H groups in total. The fourth-order valence-corrected chi connectivity index (χ4v) is 2.94. The Labute approximate surface area is 118 Å². The number of nitrogens with zero attached hydrogens (tertiary/aromatic N) is 1. The average Bonchev–Trinajstić information content (AvgIpc) is 2.85. The summed E-state index contributed by atoms with van der Waals surface area (Å²) in [4.78, 5) is 2.20. The topological polar surface area (TPSA) is 15.3 Å². The van der Waals surface area contributed by atoms with Gasteiger partial charge < -0.3 is 10.2 Å². The number of hydrogen-bond donors (Lipinski definition) is 1. The molecule has 1 aliphatic carbocycles. The summed E-state index contributed by atoms with van der Waals surface area (Å²) in [5.41, 5.74) is 0.255. The molecule has 0 bridgehead atoms. The van der Waals surface area contributed by atoms with Crippen LogP contribution >= 0.6 is 0 Å². The van der Waals surface area contributed by atoms with E-state index in [1.807, 2.05) is 14.1 Å². The predicted octanol–water partition coefficient (Wildman–Crippen LogP) is 3.07. The van der Waals surface area contributed by atoms with E-state index in [-0.39, 0.29) is 17.6 Å². The summed E-state index contributed by atoms with van der Waals surface area (Å²) in [6, 6.07) is 1.53. The summed E-state index contributed by atoms with van der Waals surface area (Å²) in [7, 11) is 4.09. The largest absolute Gasteiger partial charge is 0.311 e. The second-order valence-electron chi connectivity index (χ2n) is 5.79. The average molecular weight is 286 g/mol. The van der Waals surface area contributed by atoms with Gasteiger partial charge in [-0.05, 0) is 33.0 Å². The van der Waals surface area contributed by atoms with E-state index < -0.39 is 17.5 Å². The number of nitrogens with one attached hydrogen (secondary N) is 1. The molecule has 1 aliphatic rings. The van der Waals surface area contributed by atoms with Crippen LogP contribution in [0.2, 0.25) is 0 Å². The highest BCUT2D eigenvalue weighted by atomic mass is 19.2. The van der Waals surface area contributed by atoms with Crippen molar-refractivity contribution < 1.29 is 13.2 Å². The van der Waals surface area contributed by atoms with Crippen molar-refractivity contribution in [2.45, 2.75) is 37.8 Å². The Morgan fingerprint density at radius 1 is 1.05 bits per heavy atom. The normalized spacial score (nSPS) is 17.9. The Hall–Kier alpha value is -1.07. The highest BCUT2D eigenvalue weighted by Crippen LogP contribution is 2.33. The van der Waals surface area contributed by atoms with Gasteiger partial charge >= 0.3 is 0 Å².